The van der Waals surface area contributed by atoms with E-state index in [2.05, 4.69) is 4.98 Å². The van der Waals surface area contributed by atoms with Crippen molar-refractivity contribution in [1.82, 2.24) is 4.98 Å². The minimum absolute atomic E-state index is 0.0182. The molecule has 1 aromatic heterocycles. The van der Waals surface area contributed by atoms with Gasteiger partial charge in [-0.2, -0.15) is 13.2 Å². The molecule has 1 unspecified atom stereocenters. The number of rotatable bonds is 4. The van der Waals surface area contributed by atoms with Crippen LogP contribution in [0.1, 0.15) is 45.9 Å². The predicted octanol–water partition coefficient (Wildman–Crippen LogP) is 5.20. The Hall–Kier alpha value is -3.09. The third-order valence-electron chi connectivity index (χ3n) is 5.08. The van der Waals surface area contributed by atoms with E-state index in [0.29, 0.717) is 0 Å². The van der Waals surface area contributed by atoms with Gasteiger partial charge in [-0.15, -0.1) is 0 Å². The van der Waals surface area contributed by atoms with E-state index in [1.807, 2.05) is 18.2 Å². The first kappa shape index (κ1) is 18.3. The van der Waals surface area contributed by atoms with Crippen molar-refractivity contribution in [3.63, 3.8) is 0 Å². The zero-order valence-corrected chi connectivity index (χ0v) is 14.6. The van der Waals surface area contributed by atoms with Crippen molar-refractivity contribution in [1.29, 1.82) is 0 Å². The highest BCUT2D eigenvalue weighted by molar-refractivity contribution is 6.06. The topological polar surface area (TPSA) is 70.4 Å². The molecule has 0 spiro atoms. The van der Waals surface area contributed by atoms with Crippen LogP contribution in [0.25, 0.3) is 10.9 Å². The van der Waals surface area contributed by atoms with Crippen molar-refractivity contribution >= 4 is 16.9 Å². The van der Waals surface area contributed by atoms with Crippen LogP contribution >= 0.6 is 0 Å². The van der Waals surface area contributed by atoms with Gasteiger partial charge in [0.15, 0.2) is 5.75 Å². The van der Waals surface area contributed by atoms with Crippen molar-refractivity contribution in [3.8, 4) is 5.75 Å². The predicted molar refractivity (Wildman–Crippen MR) is 96.4 cm³/mol. The van der Waals surface area contributed by atoms with Crippen LogP contribution in [0.15, 0.2) is 48.5 Å². The van der Waals surface area contributed by atoms with Crippen molar-refractivity contribution < 1.29 is 28.2 Å². The Morgan fingerprint density at radius 3 is 2.32 bits per heavy atom. The summed E-state index contributed by atoms with van der Waals surface area (Å²) < 4.78 is 40.6. The number of fused-ring (bicyclic) bond motifs is 1. The number of pyridine rings is 1. The molecule has 28 heavy (non-hydrogen) atoms. The summed E-state index contributed by atoms with van der Waals surface area (Å²) in [5, 5.41) is 20.1. The Kier molecular flexibility index (Phi) is 4.25. The lowest BCUT2D eigenvalue weighted by atomic mass is 9.88. The number of hydrogen-bond acceptors (Lipinski definition) is 3. The molecule has 0 amide bonds. The molecule has 1 atom stereocenters. The van der Waals surface area contributed by atoms with E-state index >= 15 is 0 Å². The normalized spacial score (nSPS) is 15.5. The maximum absolute atomic E-state index is 13.5. The van der Waals surface area contributed by atoms with Crippen LogP contribution in [0.3, 0.4) is 0 Å². The van der Waals surface area contributed by atoms with Crippen molar-refractivity contribution in [2.45, 2.75) is 24.9 Å². The fraction of sp³-hybridized carbons (Fsp3) is 0.238. The largest absolute Gasteiger partial charge is 0.505 e. The SMILES string of the molecule is O=C(O)c1c(O)c(C(c2ccccc2)C2CC2)nc2c(C(F)(F)F)cccc12. The lowest BCUT2D eigenvalue weighted by Gasteiger charge is -2.21. The van der Waals surface area contributed by atoms with Gasteiger partial charge in [0.2, 0.25) is 0 Å². The number of aromatic hydroxyl groups is 1. The van der Waals surface area contributed by atoms with Crippen LogP contribution in [-0.2, 0) is 6.18 Å². The van der Waals surface area contributed by atoms with Crippen molar-refractivity contribution in [3.05, 3.63) is 70.9 Å². The molecule has 1 heterocycles. The number of benzene rings is 2. The van der Waals surface area contributed by atoms with E-state index in [1.54, 1.807) is 12.1 Å². The van der Waals surface area contributed by atoms with Gasteiger partial charge in [0.1, 0.15) is 5.56 Å². The summed E-state index contributed by atoms with van der Waals surface area (Å²) in [5.41, 5.74) is -1.26. The second-order valence-corrected chi connectivity index (χ2v) is 6.95. The summed E-state index contributed by atoms with van der Waals surface area (Å²) >= 11 is 0. The molecule has 1 saturated carbocycles. The molecule has 0 bridgehead atoms. The van der Waals surface area contributed by atoms with E-state index in [9.17, 15) is 28.2 Å². The molecule has 2 N–H and O–H groups in total. The first-order valence-corrected chi connectivity index (χ1v) is 8.80. The molecule has 1 fully saturated rings. The number of alkyl halides is 3. The highest BCUT2D eigenvalue weighted by Crippen LogP contribution is 2.49. The van der Waals surface area contributed by atoms with Crippen LogP contribution in [-0.4, -0.2) is 21.2 Å². The molecule has 1 aliphatic rings. The van der Waals surface area contributed by atoms with Gasteiger partial charge in [-0.25, -0.2) is 9.78 Å². The van der Waals surface area contributed by atoms with Crippen LogP contribution < -0.4 is 0 Å². The summed E-state index contributed by atoms with van der Waals surface area (Å²) in [7, 11) is 0. The standard InChI is InChI=1S/C21H16F3NO3/c22-21(23,24)14-8-4-7-13-16(20(27)28)19(26)18(25-17(13)14)15(12-9-10-12)11-5-2-1-3-6-11/h1-8,12,15,26H,9-10H2,(H,27,28). The highest BCUT2D eigenvalue weighted by Gasteiger charge is 2.39. The number of carbonyl (C=O) groups is 1. The Labute approximate surface area is 158 Å². The molecule has 2 aromatic carbocycles. The van der Waals surface area contributed by atoms with Gasteiger partial charge in [-0.05, 0) is 30.4 Å². The average Bonchev–Trinajstić information content (AvgIpc) is 3.46. The highest BCUT2D eigenvalue weighted by atomic mass is 19.4. The zero-order chi connectivity index (χ0) is 20.1. The van der Waals surface area contributed by atoms with E-state index in [4.69, 9.17) is 0 Å². The number of nitrogens with zero attached hydrogens (tertiary/aromatic N) is 1. The monoisotopic (exact) mass is 387 g/mol. The number of para-hydroxylation sites is 1. The summed E-state index contributed by atoms with van der Waals surface area (Å²) in [4.78, 5) is 16.0. The molecule has 7 heteroatoms. The van der Waals surface area contributed by atoms with Gasteiger partial charge in [0.05, 0.1) is 16.8 Å². The molecule has 144 valence electrons. The molecular formula is C21H16F3NO3. The average molecular weight is 387 g/mol. The van der Waals surface area contributed by atoms with Crippen LogP contribution in [0.2, 0.25) is 0 Å². The van der Waals surface area contributed by atoms with E-state index in [1.165, 1.54) is 6.07 Å². The number of carboxylic acid groups (broad SMARTS) is 1. The maximum atomic E-state index is 13.5. The Bertz CT molecular complexity index is 1060. The third-order valence-corrected chi connectivity index (χ3v) is 5.08. The number of hydrogen-bond donors (Lipinski definition) is 2. The maximum Gasteiger partial charge on any atom is 0.418 e. The quantitative estimate of drug-likeness (QED) is 0.646. The van der Waals surface area contributed by atoms with Crippen LogP contribution in [0.4, 0.5) is 13.2 Å². The molecule has 4 rings (SSSR count). The third kappa shape index (κ3) is 3.06. The minimum atomic E-state index is -4.70. The van der Waals surface area contributed by atoms with Gasteiger partial charge in [0.25, 0.3) is 0 Å². The van der Waals surface area contributed by atoms with E-state index < -0.39 is 40.5 Å². The van der Waals surface area contributed by atoms with E-state index in [-0.39, 0.29) is 17.0 Å². The van der Waals surface area contributed by atoms with Gasteiger partial charge in [-0.1, -0.05) is 42.5 Å². The molecule has 0 radical (unpaired) electrons. The Morgan fingerprint density at radius 1 is 1.07 bits per heavy atom. The minimum Gasteiger partial charge on any atom is -0.505 e. The summed E-state index contributed by atoms with van der Waals surface area (Å²) in [6, 6.07) is 12.2. The number of halogens is 3. The van der Waals surface area contributed by atoms with Gasteiger partial charge >= 0.3 is 12.1 Å². The van der Waals surface area contributed by atoms with Gasteiger partial charge < -0.3 is 10.2 Å². The fourth-order valence-electron chi connectivity index (χ4n) is 3.70. The van der Waals surface area contributed by atoms with Crippen molar-refractivity contribution in [2.24, 2.45) is 5.92 Å². The number of aromatic nitrogens is 1. The smallest absolute Gasteiger partial charge is 0.418 e. The zero-order valence-electron chi connectivity index (χ0n) is 14.6. The molecule has 4 nitrogen and oxygen atoms in total. The Balaban J connectivity index is 2.06. The van der Waals surface area contributed by atoms with Crippen LogP contribution in [0.5, 0.6) is 5.75 Å². The molecule has 1 aliphatic carbocycles. The summed E-state index contributed by atoms with van der Waals surface area (Å²) in [5.74, 6) is -2.43. The summed E-state index contributed by atoms with van der Waals surface area (Å²) in [6.45, 7) is 0. The van der Waals surface area contributed by atoms with Gasteiger partial charge in [0, 0.05) is 11.3 Å². The van der Waals surface area contributed by atoms with Crippen LogP contribution in [0, 0.1) is 5.92 Å². The molecule has 3 aromatic rings. The van der Waals surface area contributed by atoms with Gasteiger partial charge in [-0.3, -0.25) is 0 Å². The lowest BCUT2D eigenvalue weighted by Crippen LogP contribution is -2.13. The molecule has 0 saturated heterocycles. The Morgan fingerprint density at radius 2 is 1.75 bits per heavy atom. The second kappa shape index (κ2) is 6.51. The summed E-state index contributed by atoms with van der Waals surface area (Å²) in [6.07, 6.45) is -3.03. The lowest BCUT2D eigenvalue weighted by molar-refractivity contribution is -0.136. The fourth-order valence-corrected chi connectivity index (χ4v) is 3.70. The number of carboxylic acids is 1. The van der Waals surface area contributed by atoms with Crippen molar-refractivity contribution in [2.75, 3.05) is 0 Å². The van der Waals surface area contributed by atoms with E-state index in [0.717, 1.165) is 30.5 Å². The first-order chi connectivity index (χ1) is 13.3. The molecular weight excluding hydrogens is 371 g/mol. The number of aromatic carboxylic acids is 1. The second-order valence-electron chi connectivity index (χ2n) is 6.95. The molecule has 0 aliphatic heterocycles. The first-order valence-electron chi connectivity index (χ1n) is 8.80.